The number of unbranched alkanes of at least 4 members (excludes halogenated alkanes) is 9. The van der Waals surface area contributed by atoms with Gasteiger partial charge in [0.2, 0.25) is 0 Å². The van der Waals surface area contributed by atoms with Crippen molar-refractivity contribution in [1.82, 2.24) is 5.32 Å². The third-order valence-electron chi connectivity index (χ3n) is 3.92. The molecule has 2 N–H and O–H groups in total. The Bertz CT molecular complexity index is 420. The first-order valence-corrected chi connectivity index (χ1v) is 9.43. The van der Waals surface area contributed by atoms with Gasteiger partial charge in [0.05, 0.1) is 0 Å². The van der Waals surface area contributed by atoms with E-state index in [9.17, 15) is 4.39 Å². The van der Waals surface area contributed by atoms with E-state index >= 15 is 0 Å². The van der Waals surface area contributed by atoms with E-state index in [1.54, 1.807) is 12.1 Å². The van der Waals surface area contributed by atoms with Crippen LogP contribution in [0.2, 0.25) is 0 Å². The molecule has 0 aliphatic rings. The highest BCUT2D eigenvalue weighted by molar-refractivity contribution is 7.80. The van der Waals surface area contributed by atoms with Crippen LogP contribution in [-0.4, -0.2) is 11.7 Å². The van der Waals surface area contributed by atoms with Gasteiger partial charge in [-0.3, -0.25) is 0 Å². The Labute approximate surface area is 146 Å². The number of halogens is 1. The van der Waals surface area contributed by atoms with Crippen LogP contribution in [0, 0.1) is 5.82 Å². The lowest BCUT2D eigenvalue weighted by Gasteiger charge is -2.10. The van der Waals surface area contributed by atoms with Crippen LogP contribution >= 0.6 is 12.2 Å². The molecule has 0 amide bonds. The third kappa shape index (κ3) is 11.1. The molecule has 0 aromatic heterocycles. The molecule has 1 rings (SSSR count). The van der Waals surface area contributed by atoms with Gasteiger partial charge in [-0.05, 0) is 42.9 Å². The minimum atomic E-state index is -0.236. The smallest absolute Gasteiger partial charge is 0.170 e. The molecule has 0 unspecified atom stereocenters. The molecule has 1 aromatic rings. The molecule has 0 saturated carbocycles. The number of anilines is 1. The second-order valence-corrected chi connectivity index (χ2v) is 6.48. The first-order chi connectivity index (χ1) is 11.2. The Morgan fingerprint density at radius 1 is 0.870 bits per heavy atom. The Morgan fingerprint density at radius 3 is 1.96 bits per heavy atom. The van der Waals surface area contributed by atoms with E-state index in [-0.39, 0.29) is 5.82 Å². The highest BCUT2D eigenvalue weighted by Crippen LogP contribution is 2.10. The van der Waals surface area contributed by atoms with E-state index in [2.05, 4.69) is 17.6 Å². The van der Waals surface area contributed by atoms with Gasteiger partial charge in [0.1, 0.15) is 5.82 Å². The van der Waals surface area contributed by atoms with Gasteiger partial charge >= 0.3 is 0 Å². The summed E-state index contributed by atoms with van der Waals surface area (Å²) in [5.74, 6) is -0.236. The first-order valence-electron chi connectivity index (χ1n) is 9.03. The summed E-state index contributed by atoms with van der Waals surface area (Å²) in [5, 5.41) is 6.86. The average Bonchev–Trinajstić information content (AvgIpc) is 2.55. The lowest BCUT2D eigenvalue weighted by molar-refractivity contribution is 0.555. The number of thiocarbonyl (C=S) groups is 1. The van der Waals surface area contributed by atoms with Crippen LogP contribution < -0.4 is 10.6 Å². The van der Waals surface area contributed by atoms with Gasteiger partial charge in [-0.2, -0.15) is 0 Å². The molecular weight excluding hydrogens is 307 g/mol. The van der Waals surface area contributed by atoms with Crippen molar-refractivity contribution in [2.45, 2.75) is 71.1 Å². The maximum Gasteiger partial charge on any atom is 0.170 e. The molecule has 0 bridgehead atoms. The van der Waals surface area contributed by atoms with Gasteiger partial charge < -0.3 is 10.6 Å². The topological polar surface area (TPSA) is 24.1 Å². The minimum absolute atomic E-state index is 0.236. The van der Waals surface area contributed by atoms with Crippen LogP contribution in [0.3, 0.4) is 0 Å². The van der Waals surface area contributed by atoms with E-state index < -0.39 is 0 Å². The lowest BCUT2D eigenvalue weighted by Crippen LogP contribution is -2.29. The van der Waals surface area contributed by atoms with Gasteiger partial charge in [-0.1, -0.05) is 64.7 Å². The molecule has 0 saturated heterocycles. The standard InChI is InChI=1S/C19H31FN2S/c1-2-3-4-5-6-7-8-9-10-11-16-21-19(23)22-18-14-12-17(20)13-15-18/h12-15H,2-11,16H2,1H3,(H2,21,22,23). The zero-order valence-electron chi connectivity index (χ0n) is 14.4. The molecule has 0 radical (unpaired) electrons. The summed E-state index contributed by atoms with van der Waals surface area (Å²) >= 11 is 5.22. The molecule has 0 aliphatic heterocycles. The Balaban J connectivity index is 1.90. The van der Waals surface area contributed by atoms with Crippen molar-refractivity contribution in [3.05, 3.63) is 30.1 Å². The van der Waals surface area contributed by atoms with Crippen LogP contribution in [0.5, 0.6) is 0 Å². The fourth-order valence-electron chi connectivity index (χ4n) is 2.52. The van der Waals surface area contributed by atoms with Crippen LogP contribution in [-0.2, 0) is 0 Å². The second kappa shape index (κ2) is 13.3. The predicted octanol–water partition coefficient (Wildman–Crippen LogP) is 6.03. The molecule has 4 heteroatoms. The average molecular weight is 339 g/mol. The maximum atomic E-state index is 12.8. The fraction of sp³-hybridized carbons (Fsp3) is 0.632. The van der Waals surface area contributed by atoms with Crippen LogP contribution in [0.15, 0.2) is 24.3 Å². The summed E-state index contributed by atoms with van der Waals surface area (Å²) in [5.41, 5.74) is 0.812. The molecule has 1 aromatic carbocycles. The van der Waals surface area contributed by atoms with E-state index in [1.807, 2.05) is 0 Å². The van der Waals surface area contributed by atoms with Crippen molar-refractivity contribution < 1.29 is 4.39 Å². The molecule has 0 heterocycles. The van der Waals surface area contributed by atoms with Crippen molar-refractivity contribution in [2.24, 2.45) is 0 Å². The highest BCUT2D eigenvalue weighted by atomic mass is 32.1. The normalized spacial score (nSPS) is 10.5. The quantitative estimate of drug-likeness (QED) is 0.359. The summed E-state index contributed by atoms with van der Waals surface area (Å²) in [4.78, 5) is 0. The summed E-state index contributed by atoms with van der Waals surface area (Å²) < 4.78 is 12.8. The van der Waals surface area contributed by atoms with Gasteiger partial charge in [-0.25, -0.2) is 4.39 Å². The molecule has 0 atom stereocenters. The van der Waals surface area contributed by atoms with Crippen molar-refractivity contribution >= 4 is 23.0 Å². The van der Waals surface area contributed by atoms with Crippen molar-refractivity contribution in [2.75, 3.05) is 11.9 Å². The minimum Gasteiger partial charge on any atom is -0.362 e. The summed E-state index contributed by atoms with van der Waals surface area (Å²) in [6, 6.07) is 6.22. The second-order valence-electron chi connectivity index (χ2n) is 6.07. The largest absolute Gasteiger partial charge is 0.362 e. The van der Waals surface area contributed by atoms with Crippen molar-refractivity contribution in [3.8, 4) is 0 Å². The third-order valence-corrected chi connectivity index (χ3v) is 4.16. The Kier molecular flexibility index (Phi) is 11.5. The van der Waals surface area contributed by atoms with Gasteiger partial charge in [0.25, 0.3) is 0 Å². The maximum absolute atomic E-state index is 12.8. The van der Waals surface area contributed by atoms with Crippen molar-refractivity contribution in [3.63, 3.8) is 0 Å². The summed E-state index contributed by atoms with van der Waals surface area (Å²) in [7, 11) is 0. The van der Waals surface area contributed by atoms with Gasteiger partial charge in [0.15, 0.2) is 5.11 Å². The summed E-state index contributed by atoms with van der Waals surface area (Å²) in [6.45, 7) is 3.15. The first kappa shape index (κ1) is 19.9. The van der Waals surface area contributed by atoms with E-state index in [4.69, 9.17) is 12.2 Å². The SMILES string of the molecule is CCCCCCCCCCCCNC(=S)Nc1ccc(F)cc1. The molecule has 0 fully saturated rings. The molecule has 0 aliphatic carbocycles. The molecular formula is C19H31FN2S. The molecule has 2 nitrogen and oxygen atoms in total. The highest BCUT2D eigenvalue weighted by Gasteiger charge is 1.98. The van der Waals surface area contributed by atoms with E-state index in [0.717, 1.165) is 18.7 Å². The van der Waals surface area contributed by atoms with Gasteiger partial charge in [0, 0.05) is 12.2 Å². The number of hydrogen-bond acceptors (Lipinski definition) is 1. The van der Waals surface area contributed by atoms with E-state index in [0.29, 0.717) is 5.11 Å². The zero-order chi connectivity index (χ0) is 16.8. The molecule has 0 spiro atoms. The molecule has 130 valence electrons. The number of nitrogens with one attached hydrogen (secondary N) is 2. The van der Waals surface area contributed by atoms with Gasteiger partial charge in [-0.15, -0.1) is 0 Å². The number of benzene rings is 1. The number of rotatable bonds is 12. The Hall–Kier alpha value is -1.16. The lowest BCUT2D eigenvalue weighted by atomic mass is 10.1. The fourth-order valence-corrected chi connectivity index (χ4v) is 2.74. The van der Waals surface area contributed by atoms with Crippen molar-refractivity contribution in [1.29, 1.82) is 0 Å². The van der Waals surface area contributed by atoms with Crippen LogP contribution in [0.25, 0.3) is 0 Å². The monoisotopic (exact) mass is 338 g/mol. The van der Waals surface area contributed by atoms with E-state index in [1.165, 1.54) is 69.9 Å². The number of hydrogen-bond donors (Lipinski definition) is 2. The van der Waals surface area contributed by atoms with Crippen LogP contribution in [0.1, 0.15) is 71.1 Å². The zero-order valence-corrected chi connectivity index (χ0v) is 15.2. The molecule has 23 heavy (non-hydrogen) atoms. The van der Waals surface area contributed by atoms with Crippen LogP contribution in [0.4, 0.5) is 10.1 Å². The predicted molar refractivity (Wildman–Crippen MR) is 102 cm³/mol. The summed E-state index contributed by atoms with van der Waals surface area (Å²) in [6.07, 6.45) is 13.3. The Morgan fingerprint density at radius 2 is 1.39 bits per heavy atom.